The Hall–Kier alpha value is -4.05. The highest BCUT2D eigenvalue weighted by Gasteiger charge is 2.32. The summed E-state index contributed by atoms with van der Waals surface area (Å²) < 4.78 is 31.4. The fraction of sp³-hybridized carbons (Fsp3) is 0.259. The summed E-state index contributed by atoms with van der Waals surface area (Å²) in [5.74, 6) is 0.292. The number of Topliss-reactive ketones (excluding diaryl/α,β-unsaturated/α-hetero) is 1. The number of sulfone groups is 1. The second-order valence-electron chi connectivity index (χ2n) is 9.16. The van der Waals surface area contributed by atoms with Crippen molar-refractivity contribution < 1.29 is 22.7 Å². The minimum absolute atomic E-state index is 0.0156. The number of rotatable bonds is 6. The number of anilines is 1. The van der Waals surface area contributed by atoms with Crippen LogP contribution in [-0.4, -0.2) is 53.5 Å². The van der Waals surface area contributed by atoms with Crippen molar-refractivity contribution in [3.63, 3.8) is 0 Å². The molecular weight excluding hydrogens is 492 g/mol. The summed E-state index contributed by atoms with van der Waals surface area (Å²) in [6.07, 6.45) is 0.438. The van der Waals surface area contributed by atoms with Gasteiger partial charge in [0.2, 0.25) is 0 Å². The van der Waals surface area contributed by atoms with Gasteiger partial charge in [0.1, 0.15) is 5.75 Å². The quantitative estimate of drug-likeness (QED) is 0.379. The van der Waals surface area contributed by atoms with Gasteiger partial charge in [-0.25, -0.2) is 18.1 Å². The third kappa shape index (κ3) is 4.84. The molecule has 0 saturated carbocycles. The molecule has 1 atom stereocenters. The van der Waals surface area contributed by atoms with Gasteiger partial charge in [-0.2, -0.15) is 5.10 Å². The topological polar surface area (TPSA) is 120 Å². The molecule has 0 aliphatic carbocycles. The lowest BCUT2D eigenvalue weighted by molar-refractivity contribution is 0.101. The molecule has 2 aromatic carbocycles. The number of hydrogen-bond donors (Lipinski definition) is 1. The zero-order valence-corrected chi connectivity index (χ0v) is 21.5. The lowest BCUT2D eigenvalue weighted by atomic mass is 10.0. The molecule has 190 valence electrons. The first-order valence-electron chi connectivity index (χ1n) is 11.8. The van der Waals surface area contributed by atoms with E-state index < -0.39 is 9.84 Å². The number of carbonyl (C=O) groups is 2. The van der Waals surface area contributed by atoms with Gasteiger partial charge in [-0.3, -0.25) is 9.59 Å². The van der Waals surface area contributed by atoms with E-state index in [0.29, 0.717) is 51.4 Å². The fourth-order valence-electron chi connectivity index (χ4n) is 4.63. The summed E-state index contributed by atoms with van der Waals surface area (Å²) >= 11 is 0. The molecule has 5 rings (SSSR count). The van der Waals surface area contributed by atoms with Crippen LogP contribution in [0.25, 0.3) is 22.3 Å². The Balaban J connectivity index is 1.64. The maximum Gasteiger partial charge on any atom is 0.256 e. The van der Waals surface area contributed by atoms with Gasteiger partial charge in [0.05, 0.1) is 47.0 Å². The highest BCUT2D eigenvalue weighted by Crippen LogP contribution is 2.33. The molecule has 9 nitrogen and oxygen atoms in total. The predicted molar refractivity (Wildman–Crippen MR) is 141 cm³/mol. The normalized spacial score (nSPS) is 16.6. The summed E-state index contributed by atoms with van der Waals surface area (Å²) in [6, 6.07) is 15.4. The molecule has 1 N–H and O–H groups in total. The fourth-order valence-corrected chi connectivity index (χ4v) is 6.32. The lowest BCUT2D eigenvalue weighted by Gasteiger charge is -2.13. The van der Waals surface area contributed by atoms with Gasteiger partial charge in [-0.15, -0.1) is 0 Å². The van der Waals surface area contributed by atoms with Gasteiger partial charge in [-0.1, -0.05) is 12.1 Å². The van der Waals surface area contributed by atoms with Crippen molar-refractivity contribution in [3.8, 4) is 17.0 Å². The van der Waals surface area contributed by atoms with Gasteiger partial charge >= 0.3 is 0 Å². The SMILES string of the molecule is COc1cccc(-c2cc(C(=O)Nc3ccc(C(C)=O)cc3)c3c(C)nn(C4CCS(=O)(=O)C4)c3n2)c1. The summed E-state index contributed by atoms with van der Waals surface area (Å²) in [7, 11) is -1.59. The Kier molecular flexibility index (Phi) is 6.28. The number of nitrogens with zero attached hydrogens (tertiary/aromatic N) is 3. The van der Waals surface area contributed by atoms with Crippen LogP contribution in [0.15, 0.2) is 54.6 Å². The number of ketones is 1. The molecule has 0 spiro atoms. The first-order valence-corrected chi connectivity index (χ1v) is 13.6. The summed E-state index contributed by atoms with van der Waals surface area (Å²) in [5, 5.41) is 8.10. The van der Waals surface area contributed by atoms with E-state index in [1.54, 1.807) is 49.0 Å². The van der Waals surface area contributed by atoms with Crippen LogP contribution in [0.2, 0.25) is 0 Å². The monoisotopic (exact) mass is 518 g/mol. The van der Waals surface area contributed by atoms with E-state index >= 15 is 0 Å². The van der Waals surface area contributed by atoms with Crippen molar-refractivity contribution in [2.45, 2.75) is 26.3 Å². The second kappa shape index (κ2) is 9.44. The Morgan fingerprint density at radius 3 is 2.51 bits per heavy atom. The van der Waals surface area contributed by atoms with E-state index in [9.17, 15) is 18.0 Å². The second-order valence-corrected chi connectivity index (χ2v) is 11.4. The maximum absolute atomic E-state index is 13.6. The van der Waals surface area contributed by atoms with Crippen molar-refractivity contribution in [2.75, 3.05) is 23.9 Å². The van der Waals surface area contributed by atoms with Crippen LogP contribution in [0, 0.1) is 6.92 Å². The number of ether oxygens (including phenoxy) is 1. The van der Waals surface area contributed by atoms with Crippen molar-refractivity contribution >= 4 is 38.2 Å². The van der Waals surface area contributed by atoms with Crippen LogP contribution >= 0.6 is 0 Å². The highest BCUT2D eigenvalue weighted by atomic mass is 32.2. The van der Waals surface area contributed by atoms with Crippen molar-refractivity contribution in [1.82, 2.24) is 14.8 Å². The van der Waals surface area contributed by atoms with Gasteiger partial charge in [0, 0.05) is 16.8 Å². The molecular formula is C27H26N4O5S. The first kappa shape index (κ1) is 24.6. The molecule has 37 heavy (non-hydrogen) atoms. The van der Waals surface area contributed by atoms with Crippen LogP contribution in [-0.2, 0) is 9.84 Å². The van der Waals surface area contributed by atoms with E-state index in [1.807, 2.05) is 24.3 Å². The maximum atomic E-state index is 13.6. The molecule has 3 heterocycles. The average molecular weight is 519 g/mol. The van der Waals surface area contributed by atoms with Gasteiger partial charge in [0.15, 0.2) is 21.3 Å². The van der Waals surface area contributed by atoms with Crippen LogP contribution in [0.4, 0.5) is 5.69 Å². The van der Waals surface area contributed by atoms with Crippen molar-refractivity contribution in [2.24, 2.45) is 0 Å². The van der Waals surface area contributed by atoms with E-state index in [0.717, 1.165) is 5.56 Å². The van der Waals surface area contributed by atoms with E-state index in [-0.39, 0.29) is 29.2 Å². The van der Waals surface area contributed by atoms with E-state index in [1.165, 1.54) is 6.92 Å². The summed E-state index contributed by atoms with van der Waals surface area (Å²) in [4.78, 5) is 30.0. The van der Waals surface area contributed by atoms with Crippen molar-refractivity contribution in [1.29, 1.82) is 0 Å². The third-order valence-corrected chi connectivity index (χ3v) is 8.30. The molecule has 2 aromatic heterocycles. The highest BCUT2D eigenvalue weighted by molar-refractivity contribution is 7.91. The van der Waals surface area contributed by atoms with Gasteiger partial charge < -0.3 is 10.1 Å². The van der Waals surface area contributed by atoms with Crippen LogP contribution in [0.5, 0.6) is 5.75 Å². The first-order chi connectivity index (χ1) is 17.6. The minimum Gasteiger partial charge on any atom is -0.497 e. The lowest BCUT2D eigenvalue weighted by Crippen LogP contribution is -2.15. The largest absolute Gasteiger partial charge is 0.497 e. The van der Waals surface area contributed by atoms with Crippen molar-refractivity contribution in [3.05, 3.63) is 71.4 Å². The van der Waals surface area contributed by atoms with Crippen LogP contribution in [0.3, 0.4) is 0 Å². The number of nitrogens with one attached hydrogen (secondary N) is 1. The molecule has 1 aliphatic rings. The number of amides is 1. The molecule has 0 bridgehead atoms. The molecule has 10 heteroatoms. The van der Waals surface area contributed by atoms with Gasteiger partial charge in [-0.05, 0) is 62.7 Å². The molecule has 4 aromatic rings. The zero-order chi connectivity index (χ0) is 26.3. The number of carbonyl (C=O) groups excluding carboxylic acids is 2. The number of aromatic nitrogens is 3. The molecule has 1 saturated heterocycles. The van der Waals surface area contributed by atoms with Crippen LogP contribution < -0.4 is 10.1 Å². The Bertz CT molecular complexity index is 1640. The molecule has 1 aliphatic heterocycles. The Morgan fingerprint density at radius 1 is 1.11 bits per heavy atom. The number of methoxy groups -OCH3 is 1. The predicted octanol–water partition coefficient (Wildman–Crippen LogP) is 4.23. The molecule has 1 fully saturated rings. The summed E-state index contributed by atoms with van der Waals surface area (Å²) in [6.45, 7) is 3.27. The molecule has 1 unspecified atom stereocenters. The molecule has 1 amide bonds. The number of aryl methyl sites for hydroxylation is 1. The number of hydrogen-bond acceptors (Lipinski definition) is 7. The Morgan fingerprint density at radius 2 is 1.86 bits per heavy atom. The number of benzene rings is 2. The minimum atomic E-state index is -3.16. The smallest absolute Gasteiger partial charge is 0.256 e. The molecule has 0 radical (unpaired) electrons. The Labute approximate surface area is 214 Å². The third-order valence-electron chi connectivity index (χ3n) is 6.55. The van der Waals surface area contributed by atoms with Crippen LogP contribution in [0.1, 0.15) is 45.8 Å². The van der Waals surface area contributed by atoms with Gasteiger partial charge in [0.25, 0.3) is 5.91 Å². The average Bonchev–Trinajstić information content (AvgIpc) is 3.42. The summed E-state index contributed by atoms with van der Waals surface area (Å²) in [5.41, 5.74) is 3.76. The number of fused-ring (bicyclic) bond motifs is 1. The number of pyridine rings is 1. The zero-order valence-electron chi connectivity index (χ0n) is 20.7. The standard InChI is InChI=1S/C27H26N4O5S/c1-16-25-23(27(33)28-20-9-7-18(8-10-20)17(2)32)14-24(19-5-4-6-22(13-19)36-3)29-26(25)31(30-16)21-11-12-37(34,35)15-21/h4-10,13-14,21H,11-12,15H2,1-3H3,(H,28,33). The van der Waals surface area contributed by atoms with E-state index in [2.05, 4.69) is 10.4 Å². The van der Waals surface area contributed by atoms with E-state index in [4.69, 9.17) is 9.72 Å².